The molecular weight excluding hydrogens is 360 g/mol. The molecule has 1 atom stereocenters. The van der Waals surface area contributed by atoms with Crippen LogP contribution in [0.2, 0.25) is 0 Å². The van der Waals surface area contributed by atoms with Crippen molar-refractivity contribution in [2.45, 2.75) is 18.9 Å². The van der Waals surface area contributed by atoms with Crippen LogP contribution in [0.5, 0.6) is 0 Å². The maximum Gasteiger partial charge on any atom is 0.261 e. The molecule has 0 unspecified atom stereocenters. The van der Waals surface area contributed by atoms with Crippen LogP contribution in [-0.4, -0.2) is 54.1 Å². The number of hydrogen-bond donors (Lipinski definition) is 2. The molecule has 1 saturated heterocycles. The highest BCUT2D eigenvalue weighted by Crippen LogP contribution is 2.40. The van der Waals surface area contributed by atoms with Crippen molar-refractivity contribution < 1.29 is 9.53 Å². The topological polar surface area (TPSA) is 70.2 Å². The average Bonchev–Trinajstić information content (AvgIpc) is 3.41. The van der Waals surface area contributed by atoms with Crippen molar-refractivity contribution in [1.82, 2.24) is 20.2 Å². The average molecular weight is 385 g/mol. The van der Waals surface area contributed by atoms with Crippen molar-refractivity contribution in [2.75, 3.05) is 33.4 Å². The molecule has 6 nitrogen and oxygen atoms in total. The maximum absolute atomic E-state index is 12.8. The van der Waals surface area contributed by atoms with Gasteiger partial charge in [-0.25, -0.2) is 4.98 Å². The van der Waals surface area contributed by atoms with E-state index in [2.05, 4.69) is 38.4 Å². The Kier molecular flexibility index (Phi) is 5.52. The number of benzene rings is 1. The van der Waals surface area contributed by atoms with Crippen molar-refractivity contribution in [1.29, 1.82) is 0 Å². The van der Waals surface area contributed by atoms with E-state index >= 15 is 0 Å². The number of H-pyrrole nitrogens is 1. The van der Waals surface area contributed by atoms with E-state index in [-0.39, 0.29) is 5.91 Å². The molecule has 1 aliphatic rings. The number of carbonyl (C=O) groups excluding carboxylic acids is 1. The summed E-state index contributed by atoms with van der Waals surface area (Å²) >= 11 is 1.59. The van der Waals surface area contributed by atoms with E-state index in [1.165, 1.54) is 15.6 Å². The van der Waals surface area contributed by atoms with Gasteiger partial charge in [0.25, 0.3) is 5.91 Å². The van der Waals surface area contributed by atoms with Crippen LogP contribution in [0, 0.1) is 0 Å². The number of hydrogen-bond acceptors (Lipinski definition) is 5. The van der Waals surface area contributed by atoms with Crippen molar-refractivity contribution in [3.05, 3.63) is 52.9 Å². The zero-order valence-electron chi connectivity index (χ0n) is 15.4. The van der Waals surface area contributed by atoms with E-state index in [1.807, 2.05) is 12.3 Å². The first-order valence-electron chi connectivity index (χ1n) is 9.25. The Morgan fingerprint density at radius 1 is 1.44 bits per heavy atom. The Balaban J connectivity index is 1.58. The SMILES string of the molecule is COCCNC(=O)c1sc2ccccc2c1[C@@H]1CCN(Cc2ncc[nH]2)C1. The highest BCUT2D eigenvalue weighted by Gasteiger charge is 2.30. The van der Waals surface area contributed by atoms with Crippen molar-refractivity contribution >= 4 is 27.3 Å². The van der Waals surface area contributed by atoms with Crippen LogP contribution in [-0.2, 0) is 11.3 Å². The lowest BCUT2D eigenvalue weighted by Crippen LogP contribution is -2.27. The number of imidazole rings is 1. The first kappa shape index (κ1) is 18.2. The number of amides is 1. The van der Waals surface area contributed by atoms with Crippen LogP contribution >= 0.6 is 11.3 Å². The molecule has 1 aromatic carbocycles. The van der Waals surface area contributed by atoms with Gasteiger partial charge in [0.1, 0.15) is 5.82 Å². The summed E-state index contributed by atoms with van der Waals surface area (Å²) in [5.74, 6) is 1.36. The molecule has 27 heavy (non-hydrogen) atoms. The van der Waals surface area contributed by atoms with Crippen LogP contribution in [0.25, 0.3) is 10.1 Å². The molecule has 0 radical (unpaired) electrons. The fraction of sp³-hybridized carbons (Fsp3) is 0.400. The minimum atomic E-state index is 0.00716. The minimum absolute atomic E-state index is 0.00716. The van der Waals surface area contributed by atoms with Gasteiger partial charge in [-0.05, 0) is 30.0 Å². The van der Waals surface area contributed by atoms with E-state index in [9.17, 15) is 4.79 Å². The van der Waals surface area contributed by atoms with Crippen molar-refractivity contribution in [3.63, 3.8) is 0 Å². The minimum Gasteiger partial charge on any atom is -0.383 e. The van der Waals surface area contributed by atoms with Crippen molar-refractivity contribution in [2.24, 2.45) is 0 Å². The Morgan fingerprint density at radius 2 is 2.33 bits per heavy atom. The van der Waals surface area contributed by atoms with Gasteiger partial charge in [0.15, 0.2) is 0 Å². The van der Waals surface area contributed by atoms with Crippen LogP contribution in [0.1, 0.15) is 33.4 Å². The molecule has 0 saturated carbocycles. The Bertz CT molecular complexity index is 906. The third-order valence-electron chi connectivity index (χ3n) is 5.04. The highest BCUT2D eigenvalue weighted by atomic mass is 32.1. The molecule has 1 amide bonds. The third-order valence-corrected chi connectivity index (χ3v) is 6.23. The molecule has 3 aromatic rings. The van der Waals surface area contributed by atoms with Crippen LogP contribution in [0.4, 0.5) is 0 Å². The van der Waals surface area contributed by atoms with Gasteiger partial charge in [-0.1, -0.05) is 18.2 Å². The Hall–Kier alpha value is -2.22. The number of aromatic amines is 1. The fourth-order valence-corrected chi connectivity index (χ4v) is 5.00. The molecule has 7 heteroatoms. The number of nitrogens with one attached hydrogen (secondary N) is 2. The molecule has 1 aliphatic heterocycles. The summed E-state index contributed by atoms with van der Waals surface area (Å²) in [6, 6.07) is 8.33. The molecule has 3 heterocycles. The number of carbonyl (C=O) groups is 1. The lowest BCUT2D eigenvalue weighted by Gasteiger charge is -2.15. The quantitative estimate of drug-likeness (QED) is 0.615. The molecule has 4 rings (SSSR count). The second-order valence-electron chi connectivity index (χ2n) is 6.85. The molecule has 2 aromatic heterocycles. The van der Waals surface area contributed by atoms with Gasteiger partial charge < -0.3 is 15.0 Å². The lowest BCUT2D eigenvalue weighted by molar-refractivity contribution is 0.0940. The normalized spacial score (nSPS) is 17.6. The molecule has 2 N–H and O–H groups in total. The van der Waals surface area contributed by atoms with E-state index in [1.54, 1.807) is 24.6 Å². The van der Waals surface area contributed by atoms with E-state index in [0.717, 1.165) is 36.8 Å². The van der Waals surface area contributed by atoms with Gasteiger partial charge in [-0.3, -0.25) is 9.69 Å². The molecular formula is C20H24N4O2S. The molecule has 0 aliphatic carbocycles. The summed E-state index contributed by atoms with van der Waals surface area (Å²) in [6.07, 6.45) is 4.70. The lowest BCUT2D eigenvalue weighted by atomic mass is 9.95. The van der Waals surface area contributed by atoms with Gasteiger partial charge in [0.05, 0.1) is 18.0 Å². The zero-order valence-corrected chi connectivity index (χ0v) is 16.2. The molecule has 0 spiro atoms. The summed E-state index contributed by atoms with van der Waals surface area (Å²) in [5.41, 5.74) is 1.20. The highest BCUT2D eigenvalue weighted by molar-refractivity contribution is 7.21. The summed E-state index contributed by atoms with van der Waals surface area (Å²) in [7, 11) is 1.64. The van der Waals surface area contributed by atoms with E-state index in [0.29, 0.717) is 19.1 Å². The first-order valence-corrected chi connectivity index (χ1v) is 10.1. The number of fused-ring (bicyclic) bond motifs is 1. The second-order valence-corrected chi connectivity index (χ2v) is 7.90. The van der Waals surface area contributed by atoms with E-state index < -0.39 is 0 Å². The van der Waals surface area contributed by atoms with Gasteiger partial charge >= 0.3 is 0 Å². The number of methoxy groups -OCH3 is 1. The fourth-order valence-electron chi connectivity index (χ4n) is 3.79. The maximum atomic E-state index is 12.8. The number of ether oxygens (including phenoxy) is 1. The number of likely N-dealkylation sites (tertiary alicyclic amines) is 1. The molecule has 1 fully saturated rings. The first-order chi connectivity index (χ1) is 13.3. The van der Waals surface area contributed by atoms with Gasteiger partial charge in [-0.15, -0.1) is 11.3 Å². The Morgan fingerprint density at radius 3 is 3.15 bits per heavy atom. The Labute approximate surface area is 162 Å². The zero-order chi connectivity index (χ0) is 18.6. The predicted molar refractivity (Wildman–Crippen MR) is 107 cm³/mol. The largest absolute Gasteiger partial charge is 0.383 e. The summed E-state index contributed by atoms with van der Waals surface area (Å²) < 4.78 is 6.23. The van der Waals surface area contributed by atoms with Crippen LogP contribution in [0.3, 0.4) is 0 Å². The second kappa shape index (κ2) is 8.21. The summed E-state index contributed by atoms with van der Waals surface area (Å²) in [6.45, 7) is 3.83. The van der Waals surface area contributed by atoms with Crippen LogP contribution < -0.4 is 5.32 Å². The standard InChI is InChI=1S/C20H24N4O2S/c1-26-11-9-23-20(25)19-18(15-4-2-3-5-16(15)27-19)14-6-10-24(12-14)13-17-21-7-8-22-17/h2-5,7-8,14H,6,9-13H2,1H3,(H,21,22)(H,23,25)/t14-/m1/s1. The van der Waals surface area contributed by atoms with Gasteiger partial charge in [0, 0.05) is 43.2 Å². The van der Waals surface area contributed by atoms with E-state index in [4.69, 9.17) is 4.74 Å². The third kappa shape index (κ3) is 3.90. The number of aromatic nitrogens is 2. The predicted octanol–water partition coefficient (Wildman–Crippen LogP) is 2.99. The molecule has 0 bridgehead atoms. The van der Waals surface area contributed by atoms with Gasteiger partial charge in [0.2, 0.25) is 0 Å². The number of rotatable bonds is 7. The monoisotopic (exact) mass is 384 g/mol. The molecule has 142 valence electrons. The summed E-state index contributed by atoms with van der Waals surface area (Å²) in [5, 5.41) is 4.20. The number of thiophene rings is 1. The smallest absolute Gasteiger partial charge is 0.261 e. The number of nitrogens with zero attached hydrogens (tertiary/aromatic N) is 2. The van der Waals surface area contributed by atoms with Crippen molar-refractivity contribution in [3.8, 4) is 0 Å². The van der Waals surface area contributed by atoms with Gasteiger partial charge in [-0.2, -0.15) is 0 Å². The van der Waals surface area contributed by atoms with Crippen LogP contribution in [0.15, 0.2) is 36.7 Å². The summed E-state index contributed by atoms with van der Waals surface area (Å²) in [4.78, 5) is 23.6.